The van der Waals surface area contributed by atoms with E-state index in [0.717, 1.165) is 5.70 Å². The lowest BCUT2D eigenvalue weighted by Crippen LogP contribution is -2.34. The molecule has 0 amide bonds. The molecule has 154 valence electrons. The highest BCUT2D eigenvalue weighted by atomic mass is 35.5. The van der Waals surface area contributed by atoms with Crippen molar-refractivity contribution < 1.29 is 19.2 Å². The molecule has 0 aromatic heterocycles. The summed E-state index contributed by atoms with van der Waals surface area (Å²) in [6, 6.07) is 4.07. The van der Waals surface area contributed by atoms with Crippen LogP contribution in [0.25, 0.3) is 0 Å². The van der Waals surface area contributed by atoms with Gasteiger partial charge in [-0.2, -0.15) is 0 Å². The van der Waals surface area contributed by atoms with E-state index in [2.05, 4.69) is 5.32 Å². The highest BCUT2D eigenvalue weighted by Crippen LogP contribution is 2.45. The summed E-state index contributed by atoms with van der Waals surface area (Å²) in [7, 11) is 0. The second-order valence-corrected chi connectivity index (χ2v) is 8.13. The van der Waals surface area contributed by atoms with Crippen LogP contribution < -0.4 is 5.32 Å². The predicted octanol–water partition coefficient (Wildman–Crippen LogP) is 4.42. The van der Waals surface area contributed by atoms with Crippen molar-refractivity contribution in [2.75, 3.05) is 6.61 Å². The van der Waals surface area contributed by atoms with Gasteiger partial charge in [-0.15, -0.1) is 0 Å². The number of nitrogens with zero attached hydrogens (tertiary/aromatic N) is 1. The van der Waals surface area contributed by atoms with Gasteiger partial charge in [-0.3, -0.25) is 14.9 Å². The van der Waals surface area contributed by atoms with E-state index in [4.69, 9.17) is 16.3 Å². The third-order valence-electron chi connectivity index (χ3n) is 5.04. The van der Waals surface area contributed by atoms with Crippen LogP contribution in [0.4, 0.5) is 5.69 Å². The van der Waals surface area contributed by atoms with Crippen LogP contribution in [0.15, 0.2) is 40.7 Å². The summed E-state index contributed by atoms with van der Waals surface area (Å²) in [4.78, 5) is 36.6. The first-order valence-electron chi connectivity index (χ1n) is 9.55. The van der Waals surface area contributed by atoms with Crippen LogP contribution in [0.1, 0.15) is 51.5 Å². The van der Waals surface area contributed by atoms with Crippen LogP contribution in [0.5, 0.6) is 0 Å². The normalized spacial score (nSPS) is 19.2. The Morgan fingerprint density at radius 3 is 2.76 bits per heavy atom. The molecule has 0 saturated heterocycles. The van der Waals surface area contributed by atoms with Crippen molar-refractivity contribution in [3.8, 4) is 0 Å². The number of nitrogens with one attached hydrogen (secondary N) is 1. The number of hydrogen-bond acceptors (Lipinski definition) is 6. The molecule has 3 rings (SSSR count). The number of hydrogen-bond donors (Lipinski definition) is 1. The molecule has 0 spiro atoms. The molecule has 1 aliphatic heterocycles. The first-order chi connectivity index (χ1) is 13.7. The Bertz CT molecular complexity index is 948. The van der Waals surface area contributed by atoms with E-state index in [1.807, 2.05) is 13.8 Å². The Balaban J connectivity index is 2.17. The highest BCUT2D eigenvalue weighted by molar-refractivity contribution is 6.31. The second kappa shape index (κ2) is 8.37. The van der Waals surface area contributed by atoms with Gasteiger partial charge in [0.15, 0.2) is 5.78 Å². The zero-order valence-corrected chi connectivity index (χ0v) is 17.3. The SMILES string of the molecule is CC1=C(C(=O)OCC(C)C)[C@H](c2cc([N+](=O)[O-])ccc2Cl)C2=C(CCCC2=O)N1. The monoisotopic (exact) mass is 418 g/mol. The number of allylic oxidation sites excluding steroid dienone is 3. The summed E-state index contributed by atoms with van der Waals surface area (Å²) in [6.45, 7) is 5.82. The van der Waals surface area contributed by atoms with Crippen LogP contribution in [0, 0.1) is 16.0 Å². The van der Waals surface area contributed by atoms with E-state index in [9.17, 15) is 19.7 Å². The zero-order valence-electron chi connectivity index (χ0n) is 16.6. The zero-order chi connectivity index (χ0) is 21.3. The Hall–Kier alpha value is -2.67. The molecule has 1 aromatic carbocycles. The van der Waals surface area contributed by atoms with Gasteiger partial charge in [-0.1, -0.05) is 25.4 Å². The van der Waals surface area contributed by atoms with Crippen molar-refractivity contribution in [1.82, 2.24) is 5.32 Å². The number of halogens is 1. The van der Waals surface area contributed by atoms with Gasteiger partial charge in [-0.25, -0.2) is 4.79 Å². The number of ketones is 1. The van der Waals surface area contributed by atoms with E-state index in [1.165, 1.54) is 18.2 Å². The fourth-order valence-electron chi connectivity index (χ4n) is 3.75. The molecule has 0 fully saturated rings. The Labute approximate surface area is 173 Å². The standard InChI is InChI=1S/C21H23ClN2O5/c1-11(2)10-29-21(26)18-12(3)23-16-5-4-6-17(25)20(16)19(18)14-9-13(24(27)28)7-8-15(14)22/h7-9,11,19,23H,4-6,10H2,1-3H3/t19-/m0/s1. The second-order valence-electron chi connectivity index (χ2n) is 7.72. The minimum atomic E-state index is -0.800. The quantitative estimate of drug-likeness (QED) is 0.432. The van der Waals surface area contributed by atoms with Gasteiger partial charge in [0.25, 0.3) is 5.69 Å². The molecular weight excluding hydrogens is 396 g/mol. The first kappa shape index (κ1) is 21.0. The van der Waals surface area contributed by atoms with Crippen LogP contribution in [-0.4, -0.2) is 23.3 Å². The maximum absolute atomic E-state index is 13.0. The van der Waals surface area contributed by atoms with Crippen molar-refractivity contribution in [1.29, 1.82) is 0 Å². The fraction of sp³-hybridized carbons (Fsp3) is 0.429. The lowest BCUT2D eigenvalue weighted by molar-refractivity contribution is -0.384. The molecule has 29 heavy (non-hydrogen) atoms. The van der Waals surface area contributed by atoms with Crippen molar-refractivity contribution in [2.45, 2.75) is 46.0 Å². The maximum Gasteiger partial charge on any atom is 0.336 e. The van der Waals surface area contributed by atoms with Gasteiger partial charge in [0.2, 0.25) is 0 Å². The number of benzene rings is 1. The molecule has 0 bridgehead atoms. The summed E-state index contributed by atoms with van der Waals surface area (Å²) in [6.07, 6.45) is 1.73. The molecule has 7 nitrogen and oxygen atoms in total. The molecular formula is C21H23ClN2O5. The summed E-state index contributed by atoms with van der Waals surface area (Å²) in [5.74, 6) is -1.30. The van der Waals surface area contributed by atoms with Crippen LogP contribution >= 0.6 is 11.6 Å². The summed E-state index contributed by atoms with van der Waals surface area (Å²) >= 11 is 6.41. The molecule has 8 heteroatoms. The van der Waals surface area contributed by atoms with Gasteiger partial charge in [0.1, 0.15) is 0 Å². The molecule has 1 aliphatic carbocycles. The number of ether oxygens (including phenoxy) is 1. The van der Waals surface area contributed by atoms with Crippen LogP contribution in [-0.2, 0) is 14.3 Å². The molecule has 1 aromatic rings. The van der Waals surface area contributed by atoms with Crippen molar-refractivity contribution >= 4 is 29.0 Å². The number of nitro groups is 1. The van der Waals surface area contributed by atoms with E-state index in [-0.39, 0.29) is 34.6 Å². The number of carbonyl (C=O) groups excluding carboxylic acids is 2. The molecule has 1 atom stereocenters. The number of carbonyl (C=O) groups is 2. The Morgan fingerprint density at radius 2 is 2.10 bits per heavy atom. The number of dihydropyridines is 1. The van der Waals surface area contributed by atoms with E-state index in [0.29, 0.717) is 36.1 Å². The molecule has 2 aliphatic rings. The van der Waals surface area contributed by atoms with Crippen LogP contribution in [0.3, 0.4) is 0 Å². The number of rotatable bonds is 5. The highest BCUT2D eigenvalue weighted by Gasteiger charge is 2.40. The largest absolute Gasteiger partial charge is 0.462 e. The number of esters is 1. The topological polar surface area (TPSA) is 98.5 Å². The molecule has 0 saturated carbocycles. The van der Waals surface area contributed by atoms with Gasteiger partial charge in [0.05, 0.1) is 17.1 Å². The van der Waals surface area contributed by atoms with Crippen LogP contribution in [0.2, 0.25) is 5.02 Å². The van der Waals surface area contributed by atoms with Gasteiger partial charge < -0.3 is 10.1 Å². The van der Waals surface area contributed by atoms with Gasteiger partial charge in [0, 0.05) is 46.5 Å². The minimum Gasteiger partial charge on any atom is -0.462 e. The van der Waals surface area contributed by atoms with E-state index < -0.39 is 16.8 Å². The van der Waals surface area contributed by atoms with E-state index in [1.54, 1.807) is 6.92 Å². The Morgan fingerprint density at radius 1 is 1.38 bits per heavy atom. The molecule has 0 radical (unpaired) electrons. The summed E-state index contributed by atoms with van der Waals surface area (Å²) in [5, 5.41) is 14.8. The Kier molecular flexibility index (Phi) is 6.07. The van der Waals surface area contributed by atoms with E-state index >= 15 is 0 Å². The summed E-state index contributed by atoms with van der Waals surface area (Å²) in [5.41, 5.74) is 2.23. The lowest BCUT2D eigenvalue weighted by atomic mass is 9.75. The fourth-order valence-corrected chi connectivity index (χ4v) is 3.98. The average Bonchev–Trinajstić information content (AvgIpc) is 2.65. The molecule has 1 heterocycles. The first-order valence-corrected chi connectivity index (χ1v) is 9.93. The third-order valence-corrected chi connectivity index (χ3v) is 5.39. The number of Topliss-reactive ketones (excluding diaryl/α,β-unsaturated/α-hetero) is 1. The number of nitro benzene ring substituents is 1. The van der Waals surface area contributed by atoms with Crippen molar-refractivity contribution in [2.24, 2.45) is 5.92 Å². The minimum absolute atomic E-state index is 0.0898. The van der Waals surface area contributed by atoms with Crippen molar-refractivity contribution in [3.63, 3.8) is 0 Å². The van der Waals surface area contributed by atoms with Gasteiger partial charge >= 0.3 is 5.97 Å². The smallest absolute Gasteiger partial charge is 0.336 e. The third kappa shape index (κ3) is 4.19. The van der Waals surface area contributed by atoms with Gasteiger partial charge in [-0.05, 0) is 37.3 Å². The number of non-ortho nitro benzene ring substituents is 1. The average molecular weight is 419 g/mol. The molecule has 0 unspecified atom stereocenters. The molecule has 1 N–H and O–H groups in total. The lowest BCUT2D eigenvalue weighted by Gasteiger charge is -2.34. The maximum atomic E-state index is 13.0. The predicted molar refractivity (Wildman–Crippen MR) is 108 cm³/mol. The summed E-state index contributed by atoms with van der Waals surface area (Å²) < 4.78 is 5.45. The van der Waals surface area contributed by atoms with Crippen molar-refractivity contribution in [3.05, 3.63) is 61.4 Å².